The molecule has 0 aliphatic rings. The smallest absolute Gasteiger partial charge is 0.374 e. The van der Waals surface area contributed by atoms with Crippen molar-refractivity contribution in [2.24, 2.45) is 0 Å². The normalized spacial score (nSPS) is 10.8. The highest BCUT2D eigenvalue weighted by Crippen LogP contribution is 2.21. The van der Waals surface area contributed by atoms with Crippen LogP contribution in [0.4, 0.5) is 0 Å². The minimum Gasteiger partial charge on any atom is -0.449 e. The first-order chi connectivity index (χ1) is 12.7. The summed E-state index contributed by atoms with van der Waals surface area (Å²) in [6, 6.07) is 21.8. The van der Waals surface area contributed by atoms with Gasteiger partial charge in [-0.1, -0.05) is 48.5 Å². The van der Waals surface area contributed by atoms with Gasteiger partial charge in [0.25, 0.3) is 0 Å². The number of para-hydroxylation sites is 1. The number of carbonyl (C=O) groups is 2. The van der Waals surface area contributed by atoms with Crippen LogP contribution in [0.5, 0.6) is 5.75 Å². The molecule has 0 saturated carbocycles. The molecule has 5 heteroatoms. The van der Waals surface area contributed by atoms with Gasteiger partial charge >= 0.3 is 11.9 Å². The monoisotopic (exact) mass is 346 g/mol. The molecule has 0 aliphatic heterocycles. The van der Waals surface area contributed by atoms with Gasteiger partial charge in [-0.25, -0.2) is 9.59 Å². The molecule has 26 heavy (non-hydrogen) atoms. The van der Waals surface area contributed by atoms with Crippen molar-refractivity contribution in [1.29, 1.82) is 0 Å². The van der Waals surface area contributed by atoms with E-state index in [0.717, 1.165) is 16.2 Å². The number of hydrogen-bond donors (Lipinski definition) is 0. The standard InChI is InChI=1S/C21H14O5/c22-20(25-17-10-9-14-5-1-2-6-15(14)11-17)13-24-21(23)19-12-16-7-3-4-8-18(16)26-19/h1-12H,13H2. The average molecular weight is 346 g/mol. The van der Waals surface area contributed by atoms with Gasteiger partial charge in [0.2, 0.25) is 5.76 Å². The molecular weight excluding hydrogens is 332 g/mol. The lowest BCUT2D eigenvalue weighted by Gasteiger charge is -2.06. The van der Waals surface area contributed by atoms with Gasteiger partial charge in [-0.3, -0.25) is 0 Å². The van der Waals surface area contributed by atoms with Crippen LogP contribution in [0.1, 0.15) is 10.6 Å². The number of carbonyl (C=O) groups excluding carboxylic acids is 2. The summed E-state index contributed by atoms with van der Waals surface area (Å²) in [5.41, 5.74) is 0.582. The molecule has 0 N–H and O–H groups in total. The third-order valence-corrected chi connectivity index (χ3v) is 3.90. The Kier molecular flexibility index (Phi) is 4.11. The second-order valence-electron chi connectivity index (χ2n) is 5.71. The van der Waals surface area contributed by atoms with Crippen LogP contribution in [-0.4, -0.2) is 18.5 Å². The van der Waals surface area contributed by atoms with E-state index in [9.17, 15) is 9.59 Å². The van der Waals surface area contributed by atoms with Crippen LogP contribution in [-0.2, 0) is 9.53 Å². The molecule has 0 radical (unpaired) electrons. The van der Waals surface area contributed by atoms with E-state index < -0.39 is 18.5 Å². The maximum Gasteiger partial charge on any atom is 0.374 e. The maximum absolute atomic E-state index is 12.0. The zero-order valence-electron chi connectivity index (χ0n) is 13.7. The average Bonchev–Trinajstić information content (AvgIpc) is 3.10. The van der Waals surface area contributed by atoms with Crippen molar-refractivity contribution in [2.75, 3.05) is 6.61 Å². The van der Waals surface area contributed by atoms with E-state index in [4.69, 9.17) is 13.9 Å². The summed E-state index contributed by atoms with van der Waals surface area (Å²) < 4.78 is 15.6. The molecular formula is C21H14O5. The molecule has 0 atom stereocenters. The Morgan fingerprint density at radius 2 is 1.54 bits per heavy atom. The molecule has 0 fully saturated rings. The summed E-state index contributed by atoms with van der Waals surface area (Å²) in [5.74, 6) is -0.931. The van der Waals surface area contributed by atoms with E-state index >= 15 is 0 Å². The molecule has 1 heterocycles. The highest BCUT2D eigenvalue weighted by Gasteiger charge is 2.16. The summed E-state index contributed by atoms with van der Waals surface area (Å²) in [5, 5.41) is 2.79. The second-order valence-corrected chi connectivity index (χ2v) is 5.71. The SMILES string of the molecule is O=C(COC(=O)c1cc2ccccc2o1)Oc1ccc2ccccc2c1. The van der Waals surface area contributed by atoms with Crippen molar-refractivity contribution in [2.45, 2.75) is 0 Å². The first-order valence-corrected chi connectivity index (χ1v) is 8.04. The highest BCUT2D eigenvalue weighted by atomic mass is 16.6. The summed E-state index contributed by atoms with van der Waals surface area (Å²) in [7, 11) is 0. The molecule has 0 bridgehead atoms. The molecule has 1 aromatic heterocycles. The van der Waals surface area contributed by atoms with Gasteiger partial charge in [-0.05, 0) is 35.0 Å². The van der Waals surface area contributed by atoms with Crippen LogP contribution in [0.25, 0.3) is 21.7 Å². The van der Waals surface area contributed by atoms with E-state index in [2.05, 4.69) is 0 Å². The topological polar surface area (TPSA) is 65.7 Å². The molecule has 5 nitrogen and oxygen atoms in total. The molecule has 4 rings (SSSR count). The molecule has 3 aromatic carbocycles. The lowest BCUT2D eigenvalue weighted by molar-refractivity contribution is -0.137. The molecule has 0 aliphatic carbocycles. The number of benzene rings is 3. The Labute approximate surface area is 148 Å². The summed E-state index contributed by atoms with van der Waals surface area (Å²) in [6.45, 7) is -0.497. The van der Waals surface area contributed by atoms with Crippen molar-refractivity contribution in [3.05, 3.63) is 78.6 Å². The van der Waals surface area contributed by atoms with Crippen LogP contribution < -0.4 is 4.74 Å². The van der Waals surface area contributed by atoms with Crippen LogP contribution in [0.3, 0.4) is 0 Å². The minimum absolute atomic E-state index is 0.0460. The number of esters is 2. The number of fused-ring (bicyclic) bond motifs is 2. The molecule has 128 valence electrons. The third kappa shape index (κ3) is 3.28. The quantitative estimate of drug-likeness (QED) is 0.406. The van der Waals surface area contributed by atoms with Crippen LogP contribution in [0.2, 0.25) is 0 Å². The molecule has 4 aromatic rings. The number of hydrogen-bond acceptors (Lipinski definition) is 5. The van der Waals surface area contributed by atoms with Crippen molar-refractivity contribution in [3.8, 4) is 5.75 Å². The summed E-state index contributed by atoms with van der Waals surface area (Å²) in [6.07, 6.45) is 0. The zero-order chi connectivity index (χ0) is 17.9. The van der Waals surface area contributed by atoms with Crippen LogP contribution in [0.15, 0.2) is 77.2 Å². The highest BCUT2D eigenvalue weighted by molar-refractivity contribution is 5.93. The minimum atomic E-state index is -0.711. The lowest BCUT2D eigenvalue weighted by atomic mass is 10.1. The first kappa shape index (κ1) is 15.9. The predicted molar refractivity (Wildman–Crippen MR) is 96.1 cm³/mol. The second kappa shape index (κ2) is 6.72. The fraction of sp³-hybridized carbons (Fsp3) is 0.0476. The van der Waals surface area contributed by atoms with E-state index in [-0.39, 0.29) is 5.76 Å². The number of ether oxygens (including phenoxy) is 2. The van der Waals surface area contributed by atoms with Gasteiger partial charge in [0.05, 0.1) is 0 Å². The lowest BCUT2D eigenvalue weighted by Crippen LogP contribution is -2.18. The Morgan fingerprint density at radius 3 is 2.35 bits per heavy atom. The first-order valence-electron chi connectivity index (χ1n) is 8.04. The van der Waals surface area contributed by atoms with Crippen molar-refractivity contribution >= 4 is 33.7 Å². The Balaban J connectivity index is 1.38. The van der Waals surface area contributed by atoms with E-state index in [1.54, 1.807) is 24.3 Å². The molecule has 0 unspecified atom stereocenters. The molecule has 0 amide bonds. The largest absolute Gasteiger partial charge is 0.449 e. The van der Waals surface area contributed by atoms with Gasteiger partial charge in [-0.15, -0.1) is 0 Å². The fourth-order valence-corrected chi connectivity index (χ4v) is 2.67. The zero-order valence-corrected chi connectivity index (χ0v) is 13.7. The summed E-state index contributed by atoms with van der Waals surface area (Å²) in [4.78, 5) is 23.9. The van der Waals surface area contributed by atoms with Gasteiger partial charge in [0, 0.05) is 5.39 Å². The van der Waals surface area contributed by atoms with Crippen molar-refractivity contribution in [1.82, 2.24) is 0 Å². The molecule has 0 spiro atoms. The Bertz CT molecular complexity index is 1080. The van der Waals surface area contributed by atoms with Crippen molar-refractivity contribution in [3.63, 3.8) is 0 Å². The van der Waals surface area contributed by atoms with E-state index in [0.29, 0.717) is 11.3 Å². The predicted octanol–water partition coefficient (Wildman–Crippen LogP) is 4.35. The number of furan rings is 1. The van der Waals surface area contributed by atoms with Gasteiger partial charge < -0.3 is 13.9 Å². The Morgan fingerprint density at radius 1 is 0.808 bits per heavy atom. The van der Waals surface area contributed by atoms with E-state index in [1.165, 1.54) is 0 Å². The number of rotatable bonds is 4. The third-order valence-electron chi connectivity index (χ3n) is 3.90. The van der Waals surface area contributed by atoms with Crippen LogP contribution in [0, 0.1) is 0 Å². The summed E-state index contributed by atoms with van der Waals surface area (Å²) >= 11 is 0. The van der Waals surface area contributed by atoms with Gasteiger partial charge in [0.1, 0.15) is 11.3 Å². The van der Waals surface area contributed by atoms with Crippen LogP contribution >= 0.6 is 0 Å². The van der Waals surface area contributed by atoms with Gasteiger partial charge in [-0.2, -0.15) is 0 Å². The Hall–Kier alpha value is -3.60. The fourth-order valence-electron chi connectivity index (χ4n) is 2.67. The van der Waals surface area contributed by atoms with Gasteiger partial charge in [0.15, 0.2) is 6.61 Å². The molecule has 0 saturated heterocycles. The maximum atomic E-state index is 12.0. The van der Waals surface area contributed by atoms with Crippen molar-refractivity contribution < 1.29 is 23.5 Å². The van der Waals surface area contributed by atoms with E-state index in [1.807, 2.05) is 48.5 Å².